The summed E-state index contributed by atoms with van der Waals surface area (Å²) < 4.78 is 0. The number of pyridine rings is 1. The number of nitrogens with one attached hydrogen (secondary N) is 1. The van der Waals surface area contributed by atoms with Gasteiger partial charge in [0, 0.05) is 12.4 Å². The second-order valence-corrected chi connectivity index (χ2v) is 5.74. The van der Waals surface area contributed by atoms with E-state index < -0.39 is 5.91 Å². The van der Waals surface area contributed by atoms with Gasteiger partial charge in [0.25, 0.3) is 5.91 Å². The quantitative estimate of drug-likeness (QED) is 0.907. The number of fused-ring (bicyclic) bond motifs is 1. The zero-order chi connectivity index (χ0) is 15.0. The van der Waals surface area contributed by atoms with Gasteiger partial charge in [0.2, 0.25) is 0 Å². The maximum absolute atomic E-state index is 11.4. The molecule has 4 nitrogen and oxygen atoms in total. The molecule has 0 saturated heterocycles. The molecule has 3 rings (SSSR count). The van der Waals surface area contributed by atoms with Crippen molar-refractivity contribution in [3.8, 4) is 0 Å². The van der Waals surface area contributed by atoms with Crippen molar-refractivity contribution in [1.82, 2.24) is 4.98 Å². The van der Waals surface area contributed by atoms with E-state index in [2.05, 4.69) is 10.3 Å². The Morgan fingerprint density at radius 3 is 2.90 bits per heavy atom. The van der Waals surface area contributed by atoms with Gasteiger partial charge in [0.15, 0.2) is 0 Å². The van der Waals surface area contributed by atoms with E-state index in [-0.39, 0.29) is 6.04 Å². The Morgan fingerprint density at radius 2 is 2.14 bits per heavy atom. The molecular formula is C15H13Cl2N3O. The van der Waals surface area contributed by atoms with Crippen LogP contribution in [-0.4, -0.2) is 10.9 Å². The minimum Gasteiger partial charge on any atom is -0.377 e. The third-order valence-electron chi connectivity index (χ3n) is 3.71. The molecule has 0 saturated carbocycles. The summed E-state index contributed by atoms with van der Waals surface area (Å²) in [5.74, 6) is -0.502. The van der Waals surface area contributed by atoms with Crippen molar-refractivity contribution >= 4 is 34.8 Å². The highest BCUT2D eigenvalue weighted by molar-refractivity contribution is 6.42. The number of carbonyl (C=O) groups is 1. The number of hydrogen-bond donors (Lipinski definition) is 2. The highest BCUT2D eigenvalue weighted by Gasteiger charge is 2.26. The van der Waals surface area contributed by atoms with Crippen molar-refractivity contribution in [1.29, 1.82) is 0 Å². The van der Waals surface area contributed by atoms with Crippen molar-refractivity contribution in [2.75, 3.05) is 5.32 Å². The monoisotopic (exact) mass is 321 g/mol. The third kappa shape index (κ3) is 2.57. The summed E-state index contributed by atoms with van der Waals surface area (Å²) in [6.07, 6.45) is 4.83. The number of rotatable bonds is 3. The van der Waals surface area contributed by atoms with Crippen LogP contribution >= 0.6 is 23.2 Å². The molecule has 1 unspecified atom stereocenters. The molecule has 1 amide bonds. The second-order valence-electron chi connectivity index (χ2n) is 4.95. The molecule has 0 spiro atoms. The molecule has 1 aliphatic carbocycles. The molecule has 1 aliphatic rings. The summed E-state index contributed by atoms with van der Waals surface area (Å²) in [5.41, 5.74) is 8.61. The van der Waals surface area contributed by atoms with Crippen molar-refractivity contribution in [3.63, 3.8) is 0 Å². The fourth-order valence-corrected chi connectivity index (χ4v) is 3.13. The Morgan fingerprint density at radius 1 is 1.33 bits per heavy atom. The first-order chi connectivity index (χ1) is 10.1. The summed E-state index contributed by atoms with van der Waals surface area (Å²) in [7, 11) is 0. The third-order valence-corrected chi connectivity index (χ3v) is 4.55. The molecule has 6 heteroatoms. The lowest BCUT2D eigenvalue weighted by molar-refractivity contribution is 0.100. The zero-order valence-corrected chi connectivity index (χ0v) is 12.6. The van der Waals surface area contributed by atoms with Crippen LogP contribution in [-0.2, 0) is 6.42 Å². The Balaban J connectivity index is 1.93. The van der Waals surface area contributed by atoms with Gasteiger partial charge in [-0.05, 0) is 36.1 Å². The van der Waals surface area contributed by atoms with E-state index in [1.165, 1.54) is 6.20 Å². The SMILES string of the molecule is NC(=O)c1cnccc1NC1CCc2c1ccc(Cl)c2Cl. The number of amides is 1. The minimum absolute atomic E-state index is 0.0790. The minimum atomic E-state index is -0.502. The van der Waals surface area contributed by atoms with Crippen LogP contribution in [0.1, 0.15) is 33.9 Å². The topological polar surface area (TPSA) is 68.0 Å². The number of anilines is 1. The summed E-state index contributed by atoms with van der Waals surface area (Å²) in [4.78, 5) is 15.4. The molecule has 1 aromatic carbocycles. The smallest absolute Gasteiger partial charge is 0.252 e. The molecular weight excluding hydrogens is 309 g/mol. The van der Waals surface area contributed by atoms with E-state index in [0.29, 0.717) is 21.3 Å². The summed E-state index contributed by atoms with van der Waals surface area (Å²) in [6, 6.07) is 5.59. The molecule has 0 bridgehead atoms. The number of nitrogens with zero attached hydrogens (tertiary/aromatic N) is 1. The van der Waals surface area contributed by atoms with Gasteiger partial charge in [-0.25, -0.2) is 0 Å². The molecule has 0 radical (unpaired) electrons. The molecule has 21 heavy (non-hydrogen) atoms. The molecule has 0 aliphatic heterocycles. The van der Waals surface area contributed by atoms with E-state index in [1.807, 2.05) is 6.07 Å². The fourth-order valence-electron chi connectivity index (χ4n) is 2.69. The van der Waals surface area contributed by atoms with E-state index >= 15 is 0 Å². The Labute approximate surface area is 132 Å². The molecule has 1 atom stereocenters. The normalized spacial score (nSPS) is 16.6. The molecule has 2 aromatic rings. The summed E-state index contributed by atoms with van der Waals surface area (Å²) in [5, 5.41) is 4.53. The average molecular weight is 322 g/mol. The highest BCUT2D eigenvalue weighted by Crippen LogP contribution is 2.40. The van der Waals surface area contributed by atoms with Gasteiger partial charge in [-0.2, -0.15) is 0 Å². The van der Waals surface area contributed by atoms with Crippen molar-refractivity contribution in [2.24, 2.45) is 5.73 Å². The van der Waals surface area contributed by atoms with Gasteiger partial charge in [-0.3, -0.25) is 9.78 Å². The second kappa shape index (κ2) is 5.54. The van der Waals surface area contributed by atoms with Gasteiger partial charge in [-0.15, -0.1) is 0 Å². The number of benzene rings is 1. The number of carbonyl (C=O) groups excluding carboxylic acids is 1. The van der Waals surface area contributed by atoms with Crippen molar-refractivity contribution in [3.05, 3.63) is 57.3 Å². The maximum atomic E-state index is 11.4. The summed E-state index contributed by atoms with van der Waals surface area (Å²) in [6.45, 7) is 0. The zero-order valence-electron chi connectivity index (χ0n) is 11.1. The van der Waals surface area contributed by atoms with E-state index in [4.69, 9.17) is 28.9 Å². The van der Waals surface area contributed by atoms with Crippen LogP contribution in [0.2, 0.25) is 10.0 Å². The van der Waals surface area contributed by atoms with Gasteiger partial charge >= 0.3 is 0 Å². The van der Waals surface area contributed by atoms with E-state index in [9.17, 15) is 4.79 Å². The van der Waals surface area contributed by atoms with Gasteiger partial charge < -0.3 is 11.1 Å². The lowest BCUT2D eigenvalue weighted by Gasteiger charge is -2.17. The fraction of sp³-hybridized carbons (Fsp3) is 0.200. The number of nitrogens with two attached hydrogens (primary N) is 1. The molecule has 108 valence electrons. The molecule has 1 aromatic heterocycles. The Kier molecular flexibility index (Phi) is 3.74. The van der Waals surface area contributed by atoms with E-state index in [1.54, 1.807) is 18.3 Å². The van der Waals surface area contributed by atoms with Crippen LogP contribution in [0.5, 0.6) is 0 Å². The Bertz CT molecular complexity index is 718. The largest absolute Gasteiger partial charge is 0.377 e. The van der Waals surface area contributed by atoms with Crippen LogP contribution in [0.25, 0.3) is 0 Å². The van der Waals surface area contributed by atoms with Crippen molar-refractivity contribution < 1.29 is 4.79 Å². The number of hydrogen-bond acceptors (Lipinski definition) is 3. The molecule has 3 N–H and O–H groups in total. The number of primary amides is 1. The summed E-state index contributed by atoms with van der Waals surface area (Å²) >= 11 is 12.3. The predicted octanol–water partition coefficient (Wildman–Crippen LogP) is 3.59. The first-order valence-electron chi connectivity index (χ1n) is 6.55. The standard InChI is InChI=1S/C15H13Cl2N3O/c16-11-3-1-8-9(14(11)17)2-4-12(8)20-13-5-6-19-7-10(13)15(18)21/h1,3,5-7,12H,2,4H2,(H2,18,21)(H,19,20). The van der Waals surface area contributed by atoms with Crippen LogP contribution in [0.15, 0.2) is 30.6 Å². The first kappa shape index (κ1) is 14.2. The van der Waals surface area contributed by atoms with Gasteiger partial charge in [0.1, 0.15) is 0 Å². The lowest BCUT2D eigenvalue weighted by atomic mass is 10.1. The van der Waals surface area contributed by atoms with Crippen LogP contribution in [0.3, 0.4) is 0 Å². The van der Waals surface area contributed by atoms with Crippen LogP contribution in [0, 0.1) is 0 Å². The Hall–Kier alpha value is -1.78. The average Bonchev–Trinajstić information content (AvgIpc) is 2.87. The van der Waals surface area contributed by atoms with Crippen molar-refractivity contribution in [2.45, 2.75) is 18.9 Å². The van der Waals surface area contributed by atoms with Gasteiger partial charge in [-0.1, -0.05) is 29.3 Å². The van der Waals surface area contributed by atoms with Crippen LogP contribution < -0.4 is 11.1 Å². The lowest BCUT2D eigenvalue weighted by Crippen LogP contribution is -2.16. The van der Waals surface area contributed by atoms with Crippen LogP contribution in [0.4, 0.5) is 5.69 Å². The van der Waals surface area contributed by atoms with E-state index in [0.717, 1.165) is 24.0 Å². The highest BCUT2D eigenvalue weighted by atomic mass is 35.5. The number of halogens is 2. The maximum Gasteiger partial charge on any atom is 0.252 e. The molecule has 0 fully saturated rings. The first-order valence-corrected chi connectivity index (χ1v) is 7.30. The van der Waals surface area contributed by atoms with Gasteiger partial charge in [0.05, 0.1) is 27.3 Å². The number of aromatic nitrogens is 1. The predicted molar refractivity (Wildman–Crippen MR) is 83.9 cm³/mol. The molecule has 1 heterocycles.